The zero-order valence-electron chi connectivity index (χ0n) is 15.5. The number of hydrogen-bond donors (Lipinski definition) is 2. The van der Waals surface area contributed by atoms with E-state index < -0.39 is 17.5 Å². The molecule has 2 heterocycles. The van der Waals surface area contributed by atoms with Crippen LogP contribution >= 0.6 is 0 Å². The second-order valence-electron chi connectivity index (χ2n) is 7.05. The van der Waals surface area contributed by atoms with Crippen molar-refractivity contribution in [1.82, 2.24) is 15.1 Å². The van der Waals surface area contributed by atoms with Gasteiger partial charge >= 0.3 is 0 Å². The number of anilines is 2. The number of rotatable bonds is 3. The molecule has 1 saturated heterocycles. The Kier molecular flexibility index (Phi) is 4.95. The largest absolute Gasteiger partial charge is 0.368 e. The standard InChI is InChI=1S/C20H21F2N5O/c1-26-5-2-6-27(8-7-26)19-10-15(16(21)11-17(19)22)20(28)24-14-3-4-18-13(9-14)12-23-25-18/h3-4,9-12H,2,5-8H2,1H3,(H,23,25)(H,24,28). The fraction of sp³-hybridized carbons (Fsp3) is 0.300. The Morgan fingerprint density at radius 3 is 2.82 bits per heavy atom. The summed E-state index contributed by atoms with van der Waals surface area (Å²) < 4.78 is 28.8. The monoisotopic (exact) mass is 385 g/mol. The highest BCUT2D eigenvalue weighted by Gasteiger charge is 2.21. The lowest BCUT2D eigenvalue weighted by Gasteiger charge is -2.24. The van der Waals surface area contributed by atoms with Gasteiger partial charge in [-0.25, -0.2) is 8.78 Å². The van der Waals surface area contributed by atoms with Gasteiger partial charge < -0.3 is 15.1 Å². The Bertz CT molecular complexity index is 1020. The number of carbonyl (C=O) groups excluding carboxylic acids is 1. The summed E-state index contributed by atoms with van der Waals surface area (Å²) in [5, 5.41) is 10.3. The number of nitrogens with zero attached hydrogens (tertiary/aromatic N) is 3. The number of aromatic nitrogens is 2. The van der Waals surface area contributed by atoms with E-state index in [1.165, 1.54) is 6.07 Å². The summed E-state index contributed by atoms with van der Waals surface area (Å²) in [4.78, 5) is 16.7. The molecule has 0 spiro atoms. The van der Waals surface area contributed by atoms with Gasteiger partial charge in [-0.1, -0.05) is 0 Å². The summed E-state index contributed by atoms with van der Waals surface area (Å²) in [5.41, 5.74) is 1.42. The van der Waals surface area contributed by atoms with Crippen LogP contribution in [0.1, 0.15) is 16.8 Å². The van der Waals surface area contributed by atoms with Crippen molar-refractivity contribution in [3.8, 4) is 0 Å². The Labute approximate surface area is 161 Å². The van der Waals surface area contributed by atoms with E-state index in [1.54, 1.807) is 24.4 Å². The summed E-state index contributed by atoms with van der Waals surface area (Å²) in [6, 6.07) is 7.31. The van der Waals surface area contributed by atoms with Gasteiger partial charge in [-0.05, 0) is 44.3 Å². The average Bonchev–Trinajstić information content (AvgIpc) is 3.02. The first-order chi connectivity index (χ1) is 13.5. The van der Waals surface area contributed by atoms with Crippen molar-refractivity contribution in [2.75, 3.05) is 43.4 Å². The van der Waals surface area contributed by atoms with E-state index >= 15 is 0 Å². The minimum Gasteiger partial charge on any atom is -0.368 e. The van der Waals surface area contributed by atoms with Gasteiger partial charge in [-0.2, -0.15) is 5.10 Å². The molecule has 1 aliphatic heterocycles. The zero-order chi connectivity index (χ0) is 19.7. The van der Waals surface area contributed by atoms with Crippen LogP contribution in [-0.4, -0.2) is 54.2 Å². The maximum absolute atomic E-state index is 14.4. The van der Waals surface area contributed by atoms with Gasteiger partial charge in [-0.15, -0.1) is 0 Å². The summed E-state index contributed by atoms with van der Waals surface area (Å²) in [6.07, 6.45) is 2.51. The SMILES string of the molecule is CN1CCCN(c2cc(C(=O)Nc3ccc4[nH]ncc4c3)c(F)cc2F)CC1. The second-order valence-corrected chi connectivity index (χ2v) is 7.05. The number of carbonyl (C=O) groups is 1. The van der Waals surface area contributed by atoms with E-state index in [9.17, 15) is 13.6 Å². The molecule has 0 aliphatic carbocycles. The topological polar surface area (TPSA) is 64.3 Å². The molecule has 146 valence electrons. The molecule has 0 unspecified atom stereocenters. The minimum absolute atomic E-state index is 0.179. The van der Waals surface area contributed by atoms with Crippen LogP contribution in [0.5, 0.6) is 0 Å². The van der Waals surface area contributed by atoms with Crippen molar-refractivity contribution < 1.29 is 13.6 Å². The van der Waals surface area contributed by atoms with Crippen molar-refractivity contribution in [2.24, 2.45) is 0 Å². The quantitative estimate of drug-likeness (QED) is 0.727. The molecule has 0 radical (unpaired) electrons. The van der Waals surface area contributed by atoms with E-state index in [1.807, 2.05) is 11.9 Å². The minimum atomic E-state index is -0.880. The first-order valence-electron chi connectivity index (χ1n) is 9.18. The lowest BCUT2D eigenvalue weighted by molar-refractivity contribution is 0.102. The van der Waals surface area contributed by atoms with Crippen LogP contribution in [0, 0.1) is 11.6 Å². The van der Waals surface area contributed by atoms with Crippen LogP contribution in [0.4, 0.5) is 20.2 Å². The van der Waals surface area contributed by atoms with E-state index in [4.69, 9.17) is 0 Å². The number of amides is 1. The summed E-state index contributed by atoms with van der Waals surface area (Å²) in [6.45, 7) is 2.98. The van der Waals surface area contributed by atoms with E-state index in [2.05, 4.69) is 20.4 Å². The van der Waals surface area contributed by atoms with Gasteiger partial charge in [0.25, 0.3) is 5.91 Å². The fourth-order valence-corrected chi connectivity index (χ4v) is 3.46. The molecule has 6 nitrogen and oxygen atoms in total. The van der Waals surface area contributed by atoms with Crippen molar-refractivity contribution in [1.29, 1.82) is 0 Å². The number of nitrogens with one attached hydrogen (secondary N) is 2. The zero-order valence-corrected chi connectivity index (χ0v) is 15.5. The smallest absolute Gasteiger partial charge is 0.258 e. The van der Waals surface area contributed by atoms with Crippen LogP contribution in [0.15, 0.2) is 36.5 Å². The number of likely N-dealkylation sites (N-methyl/N-ethyl adjacent to an activating group) is 1. The molecule has 2 N–H and O–H groups in total. The molecular formula is C20H21F2N5O. The van der Waals surface area contributed by atoms with Crippen LogP contribution in [0.2, 0.25) is 0 Å². The number of hydrogen-bond acceptors (Lipinski definition) is 4. The molecule has 0 atom stereocenters. The lowest BCUT2D eigenvalue weighted by Crippen LogP contribution is -2.30. The lowest BCUT2D eigenvalue weighted by atomic mass is 10.1. The highest BCUT2D eigenvalue weighted by atomic mass is 19.1. The Morgan fingerprint density at radius 1 is 1.11 bits per heavy atom. The molecule has 28 heavy (non-hydrogen) atoms. The molecule has 3 aromatic rings. The molecule has 1 fully saturated rings. The Morgan fingerprint density at radius 2 is 1.96 bits per heavy atom. The Balaban J connectivity index is 1.60. The third kappa shape index (κ3) is 3.68. The van der Waals surface area contributed by atoms with Crippen molar-refractivity contribution in [3.05, 3.63) is 53.7 Å². The normalized spacial score (nSPS) is 15.6. The molecule has 1 aromatic heterocycles. The molecule has 1 aliphatic rings. The van der Waals surface area contributed by atoms with Crippen molar-refractivity contribution in [2.45, 2.75) is 6.42 Å². The van der Waals surface area contributed by atoms with Crippen molar-refractivity contribution in [3.63, 3.8) is 0 Å². The first kappa shape index (κ1) is 18.4. The molecule has 2 aromatic carbocycles. The molecular weight excluding hydrogens is 364 g/mol. The first-order valence-corrected chi connectivity index (χ1v) is 9.18. The van der Waals surface area contributed by atoms with Crippen LogP contribution in [-0.2, 0) is 0 Å². The van der Waals surface area contributed by atoms with E-state index in [0.717, 1.165) is 36.5 Å². The third-order valence-corrected chi connectivity index (χ3v) is 5.04. The van der Waals surface area contributed by atoms with Gasteiger partial charge in [0.15, 0.2) is 0 Å². The molecule has 4 rings (SSSR count). The highest BCUT2D eigenvalue weighted by molar-refractivity contribution is 6.05. The van der Waals surface area contributed by atoms with Gasteiger partial charge in [0.05, 0.1) is 23.0 Å². The predicted molar refractivity (Wildman–Crippen MR) is 105 cm³/mol. The summed E-state index contributed by atoms with van der Waals surface area (Å²) >= 11 is 0. The highest BCUT2D eigenvalue weighted by Crippen LogP contribution is 2.26. The van der Waals surface area contributed by atoms with Gasteiger partial charge in [0.1, 0.15) is 11.6 Å². The number of H-pyrrole nitrogens is 1. The molecule has 0 saturated carbocycles. The summed E-state index contributed by atoms with van der Waals surface area (Å²) in [7, 11) is 2.01. The number of benzene rings is 2. The van der Waals surface area contributed by atoms with Gasteiger partial charge in [-0.3, -0.25) is 9.89 Å². The maximum atomic E-state index is 14.4. The van der Waals surface area contributed by atoms with Crippen LogP contribution < -0.4 is 10.2 Å². The second kappa shape index (κ2) is 7.55. The maximum Gasteiger partial charge on any atom is 0.258 e. The van der Waals surface area contributed by atoms with E-state index in [0.29, 0.717) is 18.8 Å². The number of aromatic amines is 1. The fourth-order valence-electron chi connectivity index (χ4n) is 3.46. The molecule has 1 amide bonds. The summed E-state index contributed by atoms with van der Waals surface area (Å²) in [5.74, 6) is -2.15. The molecule has 8 heteroatoms. The van der Waals surface area contributed by atoms with Gasteiger partial charge in [0, 0.05) is 36.8 Å². The number of halogens is 2. The Hall–Kier alpha value is -3.00. The van der Waals surface area contributed by atoms with E-state index in [-0.39, 0.29) is 11.3 Å². The third-order valence-electron chi connectivity index (χ3n) is 5.04. The van der Waals surface area contributed by atoms with Crippen LogP contribution in [0.25, 0.3) is 10.9 Å². The molecule has 0 bridgehead atoms. The number of fused-ring (bicyclic) bond motifs is 1. The van der Waals surface area contributed by atoms with Gasteiger partial charge in [0.2, 0.25) is 0 Å². The average molecular weight is 385 g/mol. The van der Waals surface area contributed by atoms with Crippen LogP contribution in [0.3, 0.4) is 0 Å². The van der Waals surface area contributed by atoms with Crippen molar-refractivity contribution >= 4 is 28.2 Å². The predicted octanol–water partition coefficient (Wildman–Crippen LogP) is 3.24.